The molecule has 0 fully saturated rings. The second-order valence-electron chi connectivity index (χ2n) is 3.70. The molecule has 0 bridgehead atoms. The van der Waals surface area contributed by atoms with E-state index < -0.39 is 4.92 Å². The third kappa shape index (κ3) is 4.12. The molecule has 0 radical (unpaired) electrons. The minimum atomic E-state index is -0.587. The van der Waals surface area contributed by atoms with Crippen LogP contribution in [0.15, 0.2) is 6.33 Å². The molecule has 0 spiro atoms. The standard InChI is InChI=1S/C9H14ClN5O2/c1-14(2)5-3-4-11-9-7(15(16)17)8(10)12-6-13-9/h6H,3-5H2,1-2H3,(H,11,12,13). The van der Waals surface area contributed by atoms with Crippen molar-refractivity contribution in [3.63, 3.8) is 0 Å². The summed E-state index contributed by atoms with van der Waals surface area (Å²) in [6, 6.07) is 0. The zero-order valence-electron chi connectivity index (χ0n) is 9.68. The molecule has 1 rings (SSSR count). The number of nitro groups is 1. The molecule has 7 nitrogen and oxygen atoms in total. The van der Waals surface area contributed by atoms with E-state index >= 15 is 0 Å². The molecule has 0 saturated carbocycles. The smallest absolute Gasteiger partial charge is 0.348 e. The van der Waals surface area contributed by atoms with E-state index in [0.717, 1.165) is 13.0 Å². The first-order valence-electron chi connectivity index (χ1n) is 5.06. The van der Waals surface area contributed by atoms with Gasteiger partial charge in [-0.05, 0) is 27.1 Å². The number of rotatable bonds is 6. The molecular weight excluding hydrogens is 246 g/mol. The zero-order valence-corrected chi connectivity index (χ0v) is 10.4. The highest BCUT2D eigenvalue weighted by Crippen LogP contribution is 2.27. The van der Waals surface area contributed by atoms with Crippen LogP contribution in [0.1, 0.15) is 6.42 Å². The van der Waals surface area contributed by atoms with Gasteiger partial charge in [-0.1, -0.05) is 11.6 Å². The van der Waals surface area contributed by atoms with Crippen molar-refractivity contribution in [3.05, 3.63) is 21.6 Å². The van der Waals surface area contributed by atoms with E-state index in [0.29, 0.717) is 6.54 Å². The Labute approximate surface area is 104 Å². The van der Waals surface area contributed by atoms with Gasteiger partial charge in [0.1, 0.15) is 6.33 Å². The highest BCUT2D eigenvalue weighted by molar-refractivity contribution is 6.31. The molecule has 0 aromatic carbocycles. The minimum Gasteiger partial charge on any atom is -0.364 e. The van der Waals surface area contributed by atoms with Gasteiger partial charge in [-0.25, -0.2) is 9.97 Å². The van der Waals surface area contributed by atoms with Crippen LogP contribution in [0.25, 0.3) is 0 Å². The Balaban J connectivity index is 2.64. The summed E-state index contributed by atoms with van der Waals surface area (Å²) in [7, 11) is 3.92. The van der Waals surface area contributed by atoms with Crippen molar-refractivity contribution in [2.24, 2.45) is 0 Å². The van der Waals surface area contributed by atoms with E-state index in [-0.39, 0.29) is 16.7 Å². The second-order valence-corrected chi connectivity index (χ2v) is 4.06. The van der Waals surface area contributed by atoms with Gasteiger partial charge in [0.15, 0.2) is 0 Å². The molecule has 8 heteroatoms. The summed E-state index contributed by atoms with van der Waals surface area (Å²) in [5, 5.41) is 13.5. The first-order chi connectivity index (χ1) is 8.02. The summed E-state index contributed by atoms with van der Waals surface area (Å²) in [4.78, 5) is 19.6. The maximum Gasteiger partial charge on any atom is 0.348 e. The van der Waals surface area contributed by atoms with Gasteiger partial charge in [0, 0.05) is 6.54 Å². The van der Waals surface area contributed by atoms with Crippen molar-refractivity contribution in [1.82, 2.24) is 14.9 Å². The van der Waals surface area contributed by atoms with Gasteiger partial charge >= 0.3 is 5.69 Å². The first-order valence-corrected chi connectivity index (χ1v) is 5.43. The number of nitrogens with zero attached hydrogens (tertiary/aromatic N) is 4. The fourth-order valence-electron chi connectivity index (χ4n) is 1.25. The fraction of sp³-hybridized carbons (Fsp3) is 0.556. The number of anilines is 1. The topological polar surface area (TPSA) is 84.2 Å². The SMILES string of the molecule is CN(C)CCCNc1ncnc(Cl)c1[N+](=O)[O-]. The van der Waals surface area contributed by atoms with Crippen LogP contribution in [0.2, 0.25) is 5.15 Å². The monoisotopic (exact) mass is 259 g/mol. The molecule has 1 aromatic rings. The van der Waals surface area contributed by atoms with E-state index in [9.17, 15) is 10.1 Å². The number of hydrogen-bond acceptors (Lipinski definition) is 6. The van der Waals surface area contributed by atoms with Crippen LogP contribution in [0, 0.1) is 10.1 Å². The second kappa shape index (κ2) is 6.31. The van der Waals surface area contributed by atoms with Crippen LogP contribution >= 0.6 is 11.6 Å². The van der Waals surface area contributed by atoms with Crippen LogP contribution in [-0.2, 0) is 0 Å². The number of halogens is 1. The maximum absolute atomic E-state index is 10.8. The Hall–Kier alpha value is -1.47. The molecule has 0 saturated heterocycles. The molecular formula is C9H14ClN5O2. The average Bonchev–Trinajstić information content (AvgIpc) is 2.23. The summed E-state index contributed by atoms with van der Waals surface area (Å²) in [6.45, 7) is 1.48. The zero-order chi connectivity index (χ0) is 12.8. The molecule has 0 aliphatic carbocycles. The number of hydrogen-bond donors (Lipinski definition) is 1. The quantitative estimate of drug-likeness (QED) is 0.360. The highest BCUT2D eigenvalue weighted by Gasteiger charge is 2.20. The fourth-order valence-corrected chi connectivity index (χ4v) is 1.45. The predicted octanol–water partition coefficient (Wildman–Crippen LogP) is 1.40. The summed E-state index contributed by atoms with van der Waals surface area (Å²) in [5.41, 5.74) is -0.279. The summed E-state index contributed by atoms with van der Waals surface area (Å²) in [5.74, 6) is 0.161. The number of nitrogens with one attached hydrogen (secondary N) is 1. The third-order valence-corrected chi connectivity index (χ3v) is 2.31. The van der Waals surface area contributed by atoms with Crippen LogP contribution in [-0.4, -0.2) is 47.0 Å². The Morgan fingerprint density at radius 3 is 2.82 bits per heavy atom. The van der Waals surface area contributed by atoms with Crippen LogP contribution < -0.4 is 5.32 Å². The molecule has 0 aliphatic rings. The van der Waals surface area contributed by atoms with Crippen molar-refractivity contribution < 1.29 is 4.92 Å². The van der Waals surface area contributed by atoms with Crippen molar-refractivity contribution in [2.45, 2.75) is 6.42 Å². The van der Waals surface area contributed by atoms with E-state index in [1.807, 2.05) is 19.0 Å². The van der Waals surface area contributed by atoms with Gasteiger partial charge in [0.05, 0.1) is 4.92 Å². The van der Waals surface area contributed by atoms with Crippen LogP contribution in [0.4, 0.5) is 11.5 Å². The maximum atomic E-state index is 10.8. The predicted molar refractivity (Wildman–Crippen MR) is 65.4 cm³/mol. The van der Waals surface area contributed by atoms with Gasteiger partial charge in [-0.3, -0.25) is 10.1 Å². The molecule has 1 aromatic heterocycles. The lowest BCUT2D eigenvalue weighted by atomic mass is 10.4. The third-order valence-electron chi connectivity index (χ3n) is 2.03. The van der Waals surface area contributed by atoms with Crippen molar-refractivity contribution in [2.75, 3.05) is 32.5 Å². The van der Waals surface area contributed by atoms with E-state index in [4.69, 9.17) is 11.6 Å². The summed E-state index contributed by atoms with van der Waals surface area (Å²) >= 11 is 5.65. The first kappa shape index (κ1) is 13.6. The summed E-state index contributed by atoms with van der Waals surface area (Å²) < 4.78 is 0. The molecule has 0 aliphatic heterocycles. The van der Waals surface area contributed by atoms with Gasteiger partial charge in [0.25, 0.3) is 0 Å². The van der Waals surface area contributed by atoms with Crippen molar-refractivity contribution >= 4 is 23.1 Å². The van der Waals surface area contributed by atoms with Gasteiger partial charge in [-0.15, -0.1) is 0 Å². The molecule has 0 unspecified atom stereocenters. The van der Waals surface area contributed by atoms with Gasteiger partial charge < -0.3 is 10.2 Å². The lowest BCUT2D eigenvalue weighted by molar-refractivity contribution is -0.384. The molecule has 1 N–H and O–H groups in total. The Morgan fingerprint density at radius 1 is 1.53 bits per heavy atom. The molecule has 0 atom stereocenters. The van der Waals surface area contributed by atoms with Crippen molar-refractivity contribution in [3.8, 4) is 0 Å². The van der Waals surface area contributed by atoms with Gasteiger partial charge in [0.2, 0.25) is 11.0 Å². The molecule has 0 amide bonds. The Kier molecular flexibility index (Phi) is 5.05. The minimum absolute atomic E-state index is 0.153. The lowest BCUT2D eigenvalue weighted by Crippen LogP contribution is -2.17. The highest BCUT2D eigenvalue weighted by atomic mass is 35.5. The van der Waals surface area contributed by atoms with E-state index in [1.54, 1.807) is 0 Å². The molecule has 17 heavy (non-hydrogen) atoms. The average molecular weight is 260 g/mol. The Bertz CT molecular complexity index is 399. The van der Waals surface area contributed by atoms with Gasteiger partial charge in [-0.2, -0.15) is 0 Å². The number of aromatic nitrogens is 2. The largest absolute Gasteiger partial charge is 0.364 e. The molecule has 94 valence electrons. The van der Waals surface area contributed by atoms with Crippen LogP contribution in [0.5, 0.6) is 0 Å². The van der Waals surface area contributed by atoms with Crippen LogP contribution in [0.3, 0.4) is 0 Å². The van der Waals surface area contributed by atoms with Crippen molar-refractivity contribution in [1.29, 1.82) is 0 Å². The molecule has 1 heterocycles. The normalized spacial score (nSPS) is 10.6. The van der Waals surface area contributed by atoms with E-state index in [2.05, 4.69) is 15.3 Å². The lowest BCUT2D eigenvalue weighted by Gasteiger charge is -2.10. The van der Waals surface area contributed by atoms with E-state index in [1.165, 1.54) is 6.33 Å². The summed E-state index contributed by atoms with van der Waals surface area (Å²) in [6.07, 6.45) is 2.05. The Morgan fingerprint density at radius 2 is 2.24 bits per heavy atom.